The summed E-state index contributed by atoms with van der Waals surface area (Å²) in [6.07, 6.45) is 4.05. The van der Waals surface area contributed by atoms with Gasteiger partial charge in [0, 0.05) is 25.2 Å². The summed E-state index contributed by atoms with van der Waals surface area (Å²) in [6, 6.07) is 12.0. The van der Waals surface area contributed by atoms with Crippen molar-refractivity contribution in [3.8, 4) is 11.4 Å². The minimum absolute atomic E-state index is 0.523. The molecule has 1 aromatic heterocycles. The van der Waals surface area contributed by atoms with E-state index in [2.05, 4.69) is 33.4 Å². The molecule has 0 bridgehead atoms. The number of hydrogen-bond donors (Lipinski definition) is 2. The molecule has 0 atom stereocenters. The summed E-state index contributed by atoms with van der Waals surface area (Å²) in [5.74, 6) is 0.844. The number of fused-ring (bicyclic) bond motifs is 1. The maximum atomic E-state index is 6.13. The van der Waals surface area contributed by atoms with E-state index in [0.717, 1.165) is 42.1 Å². The predicted octanol–water partition coefficient (Wildman–Crippen LogP) is 5.11. The van der Waals surface area contributed by atoms with E-state index in [1.807, 2.05) is 12.1 Å². The normalized spacial score (nSPS) is 15.5. The molecule has 0 saturated carbocycles. The zero-order valence-electron chi connectivity index (χ0n) is 15.3. The van der Waals surface area contributed by atoms with Crippen LogP contribution in [0.3, 0.4) is 0 Å². The summed E-state index contributed by atoms with van der Waals surface area (Å²) < 4.78 is 0. The van der Waals surface area contributed by atoms with E-state index in [9.17, 15) is 0 Å². The van der Waals surface area contributed by atoms with Crippen LogP contribution in [-0.2, 0) is 6.54 Å². The lowest BCUT2D eigenvalue weighted by Gasteiger charge is -2.26. The van der Waals surface area contributed by atoms with Gasteiger partial charge in [0.15, 0.2) is 0 Å². The van der Waals surface area contributed by atoms with Crippen molar-refractivity contribution in [2.75, 3.05) is 26.2 Å². The third-order valence-electron chi connectivity index (χ3n) is 5.17. The molecular formula is C21H24Cl2N4. The molecule has 0 unspecified atom stereocenters. The Hall–Kier alpha value is -1.59. The van der Waals surface area contributed by atoms with Gasteiger partial charge >= 0.3 is 0 Å². The van der Waals surface area contributed by atoms with Gasteiger partial charge in [0.25, 0.3) is 0 Å². The van der Waals surface area contributed by atoms with E-state index in [-0.39, 0.29) is 0 Å². The molecule has 0 spiro atoms. The average Bonchev–Trinajstić information content (AvgIpc) is 3.09. The van der Waals surface area contributed by atoms with Crippen molar-refractivity contribution in [3.63, 3.8) is 0 Å². The number of piperidine rings is 1. The van der Waals surface area contributed by atoms with E-state index in [1.165, 1.54) is 37.9 Å². The Balaban J connectivity index is 1.46. The van der Waals surface area contributed by atoms with Gasteiger partial charge in [-0.3, -0.25) is 0 Å². The Kier molecular flexibility index (Phi) is 5.98. The molecule has 3 aromatic rings. The Morgan fingerprint density at radius 1 is 1.04 bits per heavy atom. The quantitative estimate of drug-likeness (QED) is 0.562. The molecule has 1 aliphatic heterocycles. The number of likely N-dealkylation sites (tertiary alicyclic amines) is 1. The first-order valence-electron chi connectivity index (χ1n) is 9.57. The second-order valence-corrected chi connectivity index (χ2v) is 7.92. The molecule has 4 rings (SSSR count). The fraction of sp³-hybridized carbons (Fsp3) is 0.381. The van der Waals surface area contributed by atoms with E-state index in [1.54, 1.807) is 6.07 Å². The van der Waals surface area contributed by atoms with Gasteiger partial charge in [-0.15, -0.1) is 0 Å². The van der Waals surface area contributed by atoms with E-state index in [4.69, 9.17) is 28.2 Å². The largest absolute Gasteiger partial charge is 0.338 e. The minimum Gasteiger partial charge on any atom is -0.338 e. The lowest BCUT2D eigenvalue weighted by Crippen LogP contribution is -2.35. The molecule has 0 aliphatic carbocycles. The van der Waals surface area contributed by atoms with Crippen molar-refractivity contribution in [1.82, 2.24) is 20.2 Å². The van der Waals surface area contributed by atoms with Crippen molar-refractivity contribution in [3.05, 3.63) is 52.0 Å². The summed E-state index contributed by atoms with van der Waals surface area (Å²) in [7, 11) is 0. The highest BCUT2D eigenvalue weighted by Crippen LogP contribution is 2.29. The SMILES string of the molecule is Clc1cc2nc(-c3ccccc3CNCCN3CCCCC3)[nH]c2cc1Cl. The predicted molar refractivity (Wildman–Crippen MR) is 114 cm³/mol. The van der Waals surface area contributed by atoms with Gasteiger partial charge in [-0.1, -0.05) is 53.9 Å². The van der Waals surface area contributed by atoms with Crippen LogP contribution in [-0.4, -0.2) is 41.0 Å². The lowest BCUT2D eigenvalue weighted by molar-refractivity contribution is 0.229. The van der Waals surface area contributed by atoms with Gasteiger partial charge in [0.1, 0.15) is 5.82 Å². The third-order valence-corrected chi connectivity index (χ3v) is 5.89. The first-order chi connectivity index (χ1) is 13.2. The molecule has 2 N–H and O–H groups in total. The standard InChI is InChI=1S/C21H24Cl2N4/c22-17-12-19-20(13-18(17)23)26-21(25-19)16-7-3-2-6-15(16)14-24-8-11-27-9-4-1-5-10-27/h2-3,6-7,12-13,24H,1,4-5,8-11,14H2,(H,25,26). The van der Waals surface area contributed by atoms with Crippen LogP contribution >= 0.6 is 23.2 Å². The van der Waals surface area contributed by atoms with Gasteiger partial charge in [-0.05, 0) is 43.6 Å². The molecule has 6 heteroatoms. The van der Waals surface area contributed by atoms with Crippen LogP contribution in [0.4, 0.5) is 0 Å². The average molecular weight is 403 g/mol. The van der Waals surface area contributed by atoms with Gasteiger partial charge < -0.3 is 15.2 Å². The van der Waals surface area contributed by atoms with Crippen molar-refractivity contribution in [1.29, 1.82) is 0 Å². The molecule has 1 saturated heterocycles. The maximum absolute atomic E-state index is 6.13. The van der Waals surface area contributed by atoms with Gasteiger partial charge in [0.2, 0.25) is 0 Å². The van der Waals surface area contributed by atoms with Gasteiger partial charge in [-0.2, -0.15) is 0 Å². The van der Waals surface area contributed by atoms with Gasteiger partial charge in [-0.25, -0.2) is 4.98 Å². The first-order valence-corrected chi connectivity index (χ1v) is 10.3. The van der Waals surface area contributed by atoms with Gasteiger partial charge in [0.05, 0.1) is 21.1 Å². The van der Waals surface area contributed by atoms with E-state index in [0.29, 0.717) is 10.0 Å². The molecule has 2 heterocycles. The Morgan fingerprint density at radius 2 is 1.81 bits per heavy atom. The number of nitrogens with zero attached hydrogens (tertiary/aromatic N) is 2. The van der Waals surface area contributed by atoms with Crippen molar-refractivity contribution in [2.24, 2.45) is 0 Å². The number of H-pyrrole nitrogens is 1. The highest BCUT2D eigenvalue weighted by atomic mass is 35.5. The Labute approximate surface area is 169 Å². The number of rotatable bonds is 6. The Bertz CT molecular complexity index is 877. The number of aromatic amines is 1. The number of aromatic nitrogens is 2. The zero-order chi connectivity index (χ0) is 18.6. The second-order valence-electron chi connectivity index (χ2n) is 7.11. The maximum Gasteiger partial charge on any atom is 0.138 e. The smallest absolute Gasteiger partial charge is 0.138 e. The summed E-state index contributed by atoms with van der Waals surface area (Å²) in [6.45, 7) is 5.41. The number of imidazole rings is 1. The van der Waals surface area contributed by atoms with Crippen LogP contribution in [0.15, 0.2) is 36.4 Å². The van der Waals surface area contributed by atoms with Crippen LogP contribution in [0.5, 0.6) is 0 Å². The zero-order valence-corrected chi connectivity index (χ0v) is 16.8. The molecule has 0 radical (unpaired) electrons. The molecule has 27 heavy (non-hydrogen) atoms. The summed E-state index contributed by atoms with van der Waals surface area (Å²) in [5, 5.41) is 4.64. The van der Waals surface area contributed by atoms with Crippen LogP contribution in [0, 0.1) is 0 Å². The summed E-state index contributed by atoms with van der Waals surface area (Å²) >= 11 is 12.3. The lowest BCUT2D eigenvalue weighted by atomic mass is 10.1. The fourth-order valence-corrected chi connectivity index (χ4v) is 4.00. The number of hydrogen-bond acceptors (Lipinski definition) is 3. The topological polar surface area (TPSA) is 44.0 Å². The van der Waals surface area contributed by atoms with Crippen LogP contribution in [0.1, 0.15) is 24.8 Å². The molecule has 142 valence electrons. The monoisotopic (exact) mass is 402 g/mol. The highest BCUT2D eigenvalue weighted by molar-refractivity contribution is 6.42. The number of nitrogens with one attached hydrogen (secondary N) is 2. The molecule has 1 aliphatic rings. The molecule has 0 amide bonds. The van der Waals surface area contributed by atoms with Crippen LogP contribution < -0.4 is 5.32 Å². The van der Waals surface area contributed by atoms with Crippen LogP contribution in [0.25, 0.3) is 22.4 Å². The number of halogens is 2. The molecule has 2 aromatic carbocycles. The fourth-order valence-electron chi connectivity index (χ4n) is 3.68. The second kappa shape index (κ2) is 8.61. The molecule has 1 fully saturated rings. The van der Waals surface area contributed by atoms with E-state index < -0.39 is 0 Å². The summed E-state index contributed by atoms with van der Waals surface area (Å²) in [5.41, 5.74) is 4.05. The highest BCUT2D eigenvalue weighted by Gasteiger charge is 2.12. The molecule has 4 nitrogen and oxygen atoms in total. The van der Waals surface area contributed by atoms with Crippen molar-refractivity contribution >= 4 is 34.2 Å². The third kappa shape index (κ3) is 4.46. The summed E-state index contributed by atoms with van der Waals surface area (Å²) in [4.78, 5) is 10.6. The number of benzene rings is 2. The minimum atomic E-state index is 0.523. The Morgan fingerprint density at radius 3 is 2.67 bits per heavy atom. The first kappa shape index (κ1) is 18.8. The van der Waals surface area contributed by atoms with E-state index >= 15 is 0 Å². The van der Waals surface area contributed by atoms with Crippen molar-refractivity contribution < 1.29 is 0 Å². The van der Waals surface area contributed by atoms with Crippen LogP contribution in [0.2, 0.25) is 10.0 Å². The molecular weight excluding hydrogens is 379 g/mol. The van der Waals surface area contributed by atoms with Crippen molar-refractivity contribution in [2.45, 2.75) is 25.8 Å².